The summed E-state index contributed by atoms with van der Waals surface area (Å²) in [5, 5.41) is 3.44. The molecule has 0 spiro atoms. The first-order valence-electron chi connectivity index (χ1n) is 9.45. The van der Waals surface area contributed by atoms with Gasteiger partial charge in [0.15, 0.2) is 6.61 Å². The standard InChI is InChI=1S/C22H27ClN2O3/c1-4-20(22(27)24-5-2)25(14-17-9-11-18(23)12-10-17)21(26)15-28-19-8-6-7-16(3)13-19/h6-13,20H,4-5,14-15H2,1-3H3,(H,24,27)/t20-/m0/s1. The molecule has 0 aliphatic heterocycles. The van der Waals surface area contributed by atoms with Crippen molar-refractivity contribution in [3.63, 3.8) is 0 Å². The van der Waals surface area contributed by atoms with E-state index >= 15 is 0 Å². The maximum atomic E-state index is 13.0. The Hall–Kier alpha value is -2.53. The number of aryl methyl sites for hydroxylation is 1. The molecule has 0 heterocycles. The summed E-state index contributed by atoms with van der Waals surface area (Å²) < 4.78 is 5.68. The molecule has 2 aromatic rings. The van der Waals surface area contributed by atoms with Crippen LogP contribution in [0.1, 0.15) is 31.4 Å². The molecule has 2 aromatic carbocycles. The van der Waals surface area contributed by atoms with Gasteiger partial charge in [-0.2, -0.15) is 0 Å². The zero-order valence-electron chi connectivity index (χ0n) is 16.6. The van der Waals surface area contributed by atoms with E-state index in [2.05, 4.69) is 5.32 Å². The number of amides is 2. The highest BCUT2D eigenvalue weighted by molar-refractivity contribution is 6.30. The average molecular weight is 403 g/mol. The second kappa shape index (κ2) is 10.7. The molecule has 5 nitrogen and oxygen atoms in total. The first kappa shape index (κ1) is 21.8. The van der Waals surface area contributed by atoms with Crippen LogP contribution >= 0.6 is 11.6 Å². The smallest absolute Gasteiger partial charge is 0.261 e. The number of carbonyl (C=O) groups excluding carboxylic acids is 2. The lowest BCUT2D eigenvalue weighted by molar-refractivity contribution is -0.142. The Bertz CT molecular complexity index is 793. The number of halogens is 1. The van der Waals surface area contributed by atoms with Crippen LogP contribution in [0.5, 0.6) is 5.75 Å². The molecule has 1 N–H and O–H groups in total. The minimum Gasteiger partial charge on any atom is -0.484 e. The van der Waals surface area contributed by atoms with Crippen LogP contribution in [0.15, 0.2) is 48.5 Å². The summed E-state index contributed by atoms with van der Waals surface area (Å²) in [5.74, 6) is 0.225. The molecule has 0 aliphatic carbocycles. The van der Waals surface area contributed by atoms with Crippen LogP contribution in [0.4, 0.5) is 0 Å². The number of hydrogen-bond donors (Lipinski definition) is 1. The normalized spacial score (nSPS) is 11.6. The number of carbonyl (C=O) groups is 2. The second-order valence-electron chi connectivity index (χ2n) is 6.57. The van der Waals surface area contributed by atoms with Gasteiger partial charge < -0.3 is 15.0 Å². The van der Waals surface area contributed by atoms with Crippen LogP contribution in [-0.4, -0.2) is 35.9 Å². The quantitative estimate of drug-likeness (QED) is 0.690. The van der Waals surface area contributed by atoms with Crippen molar-refractivity contribution in [3.05, 3.63) is 64.7 Å². The fourth-order valence-corrected chi connectivity index (χ4v) is 3.06. The number of benzene rings is 2. The Kier molecular flexibility index (Phi) is 8.33. The molecule has 0 saturated carbocycles. The third kappa shape index (κ3) is 6.27. The van der Waals surface area contributed by atoms with E-state index in [1.807, 2.05) is 57.2 Å². The van der Waals surface area contributed by atoms with Gasteiger partial charge in [0.1, 0.15) is 11.8 Å². The van der Waals surface area contributed by atoms with Crippen molar-refractivity contribution < 1.29 is 14.3 Å². The maximum Gasteiger partial charge on any atom is 0.261 e. The highest BCUT2D eigenvalue weighted by Crippen LogP contribution is 2.17. The van der Waals surface area contributed by atoms with E-state index in [1.165, 1.54) is 0 Å². The molecule has 2 rings (SSSR count). The van der Waals surface area contributed by atoms with Crippen molar-refractivity contribution in [2.45, 2.75) is 39.8 Å². The van der Waals surface area contributed by atoms with Gasteiger partial charge in [-0.05, 0) is 55.7 Å². The van der Waals surface area contributed by atoms with Gasteiger partial charge in [-0.1, -0.05) is 42.8 Å². The summed E-state index contributed by atoms with van der Waals surface area (Å²) in [6.07, 6.45) is 0.510. The zero-order valence-corrected chi connectivity index (χ0v) is 17.3. The van der Waals surface area contributed by atoms with Crippen LogP contribution < -0.4 is 10.1 Å². The Morgan fingerprint density at radius 1 is 1.14 bits per heavy atom. The third-order valence-corrected chi connectivity index (χ3v) is 4.61. The predicted molar refractivity (Wildman–Crippen MR) is 111 cm³/mol. The lowest BCUT2D eigenvalue weighted by Crippen LogP contribution is -2.50. The molecule has 150 valence electrons. The SMILES string of the molecule is CCNC(=O)[C@H](CC)N(Cc1ccc(Cl)cc1)C(=O)COc1cccc(C)c1. The number of ether oxygens (including phenoxy) is 1. The molecule has 0 aromatic heterocycles. The molecule has 0 saturated heterocycles. The van der Waals surface area contributed by atoms with E-state index in [0.717, 1.165) is 11.1 Å². The number of rotatable bonds is 9. The molecule has 0 radical (unpaired) electrons. The Morgan fingerprint density at radius 2 is 1.86 bits per heavy atom. The summed E-state index contributed by atoms with van der Waals surface area (Å²) >= 11 is 5.96. The molecule has 28 heavy (non-hydrogen) atoms. The van der Waals surface area contributed by atoms with Crippen molar-refractivity contribution >= 4 is 23.4 Å². The molecular formula is C22H27ClN2O3. The van der Waals surface area contributed by atoms with Crippen LogP contribution in [0.2, 0.25) is 5.02 Å². The van der Waals surface area contributed by atoms with Crippen molar-refractivity contribution in [2.24, 2.45) is 0 Å². The highest BCUT2D eigenvalue weighted by atomic mass is 35.5. The van der Waals surface area contributed by atoms with E-state index < -0.39 is 6.04 Å². The largest absolute Gasteiger partial charge is 0.484 e. The highest BCUT2D eigenvalue weighted by Gasteiger charge is 2.28. The van der Waals surface area contributed by atoms with E-state index in [-0.39, 0.29) is 18.4 Å². The van der Waals surface area contributed by atoms with Crippen molar-refractivity contribution in [3.8, 4) is 5.75 Å². The third-order valence-electron chi connectivity index (χ3n) is 4.35. The lowest BCUT2D eigenvalue weighted by Gasteiger charge is -2.30. The van der Waals surface area contributed by atoms with Gasteiger partial charge in [-0.3, -0.25) is 9.59 Å². The van der Waals surface area contributed by atoms with E-state index in [9.17, 15) is 9.59 Å². The van der Waals surface area contributed by atoms with Crippen molar-refractivity contribution in [1.29, 1.82) is 0 Å². The van der Waals surface area contributed by atoms with Crippen LogP contribution in [0.3, 0.4) is 0 Å². The van der Waals surface area contributed by atoms with Gasteiger partial charge in [0, 0.05) is 18.1 Å². The molecule has 1 atom stereocenters. The molecule has 0 bridgehead atoms. The topological polar surface area (TPSA) is 58.6 Å². The molecule has 2 amide bonds. The van der Waals surface area contributed by atoms with Crippen molar-refractivity contribution in [1.82, 2.24) is 10.2 Å². The predicted octanol–water partition coefficient (Wildman–Crippen LogP) is 3.97. The fourth-order valence-electron chi connectivity index (χ4n) is 2.93. The van der Waals surface area contributed by atoms with Gasteiger partial charge in [-0.25, -0.2) is 0 Å². The van der Waals surface area contributed by atoms with Crippen LogP contribution in [0.25, 0.3) is 0 Å². The van der Waals surface area contributed by atoms with Crippen molar-refractivity contribution in [2.75, 3.05) is 13.2 Å². The molecule has 6 heteroatoms. The van der Waals surface area contributed by atoms with Gasteiger partial charge in [-0.15, -0.1) is 0 Å². The zero-order chi connectivity index (χ0) is 20.5. The van der Waals surface area contributed by atoms with E-state index in [1.54, 1.807) is 17.0 Å². The van der Waals surface area contributed by atoms with Gasteiger partial charge >= 0.3 is 0 Å². The number of hydrogen-bond acceptors (Lipinski definition) is 3. The number of likely N-dealkylation sites (N-methyl/N-ethyl adjacent to an activating group) is 1. The Balaban J connectivity index is 2.18. The second-order valence-corrected chi connectivity index (χ2v) is 7.01. The fraction of sp³-hybridized carbons (Fsp3) is 0.364. The van der Waals surface area contributed by atoms with Gasteiger partial charge in [0.2, 0.25) is 5.91 Å². The summed E-state index contributed by atoms with van der Waals surface area (Å²) in [5.41, 5.74) is 1.95. The van der Waals surface area contributed by atoms with Crippen LogP contribution in [-0.2, 0) is 16.1 Å². The number of nitrogens with zero attached hydrogens (tertiary/aromatic N) is 1. The van der Waals surface area contributed by atoms with Gasteiger partial charge in [0.05, 0.1) is 0 Å². The number of nitrogens with one attached hydrogen (secondary N) is 1. The minimum atomic E-state index is -0.566. The molecule has 0 fully saturated rings. The monoisotopic (exact) mass is 402 g/mol. The lowest BCUT2D eigenvalue weighted by atomic mass is 10.1. The van der Waals surface area contributed by atoms with E-state index in [4.69, 9.17) is 16.3 Å². The summed E-state index contributed by atoms with van der Waals surface area (Å²) in [6.45, 7) is 6.40. The molecule has 0 aliphatic rings. The molecule has 0 unspecified atom stereocenters. The maximum absolute atomic E-state index is 13.0. The summed E-state index contributed by atoms with van der Waals surface area (Å²) in [4.78, 5) is 27.1. The molecular weight excluding hydrogens is 376 g/mol. The first-order chi connectivity index (χ1) is 13.4. The van der Waals surface area contributed by atoms with E-state index in [0.29, 0.717) is 30.3 Å². The minimum absolute atomic E-state index is 0.132. The first-order valence-corrected chi connectivity index (χ1v) is 9.83. The summed E-state index contributed by atoms with van der Waals surface area (Å²) in [6, 6.07) is 14.2. The Morgan fingerprint density at radius 3 is 2.46 bits per heavy atom. The Labute approximate surface area is 171 Å². The average Bonchev–Trinajstić information content (AvgIpc) is 2.68. The van der Waals surface area contributed by atoms with Gasteiger partial charge in [0.25, 0.3) is 5.91 Å². The summed E-state index contributed by atoms with van der Waals surface area (Å²) in [7, 11) is 0. The van der Waals surface area contributed by atoms with Crippen LogP contribution in [0, 0.1) is 6.92 Å².